The van der Waals surface area contributed by atoms with E-state index in [1.807, 2.05) is 26.8 Å². The van der Waals surface area contributed by atoms with Crippen molar-refractivity contribution in [2.45, 2.75) is 46.0 Å². The summed E-state index contributed by atoms with van der Waals surface area (Å²) in [6.07, 6.45) is 1.66. The molecule has 2 aromatic heterocycles. The maximum Gasteiger partial charge on any atom is 0.267 e. The number of hydrogen-bond donors (Lipinski definition) is 1. The third-order valence-electron chi connectivity index (χ3n) is 4.73. The molecule has 0 aromatic carbocycles. The molecule has 0 fully saturated rings. The van der Waals surface area contributed by atoms with Crippen LogP contribution in [0.5, 0.6) is 0 Å². The first-order valence-electron chi connectivity index (χ1n) is 8.28. The minimum Gasteiger partial charge on any atom is -0.364 e. The molecule has 25 heavy (non-hydrogen) atoms. The van der Waals surface area contributed by atoms with E-state index in [-0.39, 0.29) is 11.6 Å². The molecule has 0 saturated carbocycles. The molecule has 3 heterocycles. The van der Waals surface area contributed by atoms with E-state index in [1.165, 1.54) is 0 Å². The van der Waals surface area contributed by atoms with Crippen LogP contribution < -0.4 is 10.6 Å². The maximum absolute atomic E-state index is 13.4. The van der Waals surface area contributed by atoms with Gasteiger partial charge in [0, 0.05) is 12.1 Å². The van der Waals surface area contributed by atoms with Crippen LogP contribution in [0.1, 0.15) is 53.3 Å². The van der Waals surface area contributed by atoms with Gasteiger partial charge in [-0.3, -0.25) is 14.5 Å². The first-order valence-corrected chi connectivity index (χ1v) is 8.28. The number of nitrogens with two attached hydrogens (primary N) is 1. The van der Waals surface area contributed by atoms with Crippen LogP contribution in [-0.2, 0) is 16.6 Å². The molecule has 7 nitrogen and oxygen atoms in total. The van der Waals surface area contributed by atoms with E-state index in [2.05, 4.69) is 10.1 Å². The fourth-order valence-electron chi connectivity index (χ4n) is 3.59. The van der Waals surface area contributed by atoms with Gasteiger partial charge >= 0.3 is 0 Å². The Hall–Kier alpha value is -2.70. The number of primary amides is 1. The second-order valence-corrected chi connectivity index (χ2v) is 6.93. The zero-order valence-electron chi connectivity index (χ0n) is 14.9. The minimum atomic E-state index is -0.826. The highest BCUT2D eigenvalue weighted by atomic mass is 16.5. The number of hydrogen-bond acceptors (Lipinski definition) is 5. The van der Waals surface area contributed by atoms with Crippen molar-refractivity contribution in [3.05, 3.63) is 40.4 Å². The average molecular weight is 342 g/mol. The second kappa shape index (κ2) is 5.98. The largest absolute Gasteiger partial charge is 0.364 e. The molecule has 2 aromatic rings. The smallest absolute Gasteiger partial charge is 0.267 e. The van der Waals surface area contributed by atoms with Crippen LogP contribution in [0.15, 0.2) is 16.7 Å². The van der Waals surface area contributed by atoms with Gasteiger partial charge in [-0.05, 0) is 52.2 Å². The van der Waals surface area contributed by atoms with Crippen LogP contribution in [0.25, 0.3) is 0 Å². The lowest BCUT2D eigenvalue weighted by Gasteiger charge is -2.35. The lowest BCUT2D eigenvalue weighted by Crippen LogP contribution is -2.47. The number of fused-ring (bicyclic) bond motifs is 1. The molecule has 0 spiro atoms. The zero-order chi connectivity index (χ0) is 18.4. The van der Waals surface area contributed by atoms with E-state index >= 15 is 0 Å². The normalized spacial score (nSPS) is 14.3. The van der Waals surface area contributed by atoms with E-state index < -0.39 is 11.3 Å². The van der Waals surface area contributed by atoms with Crippen molar-refractivity contribution in [3.63, 3.8) is 0 Å². The molecule has 0 unspecified atom stereocenters. The fraction of sp³-hybridized carbons (Fsp3) is 0.444. The SMILES string of the molecule is Cc1noc(C)c1C(C)(C)C(=O)N1CCCc2ccc(C(N)=O)nc21. The topological polar surface area (TPSA) is 102 Å². The summed E-state index contributed by atoms with van der Waals surface area (Å²) in [5, 5.41) is 3.97. The van der Waals surface area contributed by atoms with Crippen molar-refractivity contribution in [2.24, 2.45) is 5.73 Å². The van der Waals surface area contributed by atoms with Crippen LogP contribution in [0.3, 0.4) is 0 Å². The maximum atomic E-state index is 13.4. The van der Waals surface area contributed by atoms with Crippen molar-refractivity contribution in [1.82, 2.24) is 10.1 Å². The molecule has 1 aliphatic heterocycles. The number of nitrogens with zero attached hydrogens (tertiary/aromatic N) is 3. The van der Waals surface area contributed by atoms with Gasteiger partial charge in [-0.15, -0.1) is 0 Å². The fourth-order valence-corrected chi connectivity index (χ4v) is 3.59. The minimum absolute atomic E-state index is 0.100. The molecule has 7 heteroatoms. The lowest BCUT2D eigenvalue weighted by molar-refractivity contribution is -0.123. The van der Waals surface area contributed by atoms with Crippen LogP contribution in [0.2, 0.25) is 0 Å². The predicted octanol–water partition coefficient (Wildman–Crippen LogP) is 2.04. The van der Waals surface area contributed by atoms with Crippen molar-refractivity contribution < 1.29 is 14.1 Å². The summed E-state index contributed by atoms with van der Waals surface area (Å²) in [6, 6.07) is 3.43. The quantitative estimate of drug-likeness (QED) is 0.919. The summed E-state index contributed by atoms with van der Waals surface area (Å²) in [5.74, 6) is 0.446. The van der Waals surface area contributed by atoms with Gasteiger partial charge < -0.3 is 10.3 Å². The Bertz CT molecular complexity index is 835. The summed E-state index contributed by atoms with van der Waals surface area (Å²) < 4.78 is 5.24. The molecule has 0 atom stereocenters. The zero-order valence-corrected chi connectivity index (χ0v) is 14.9. The third kappa shape index (κ3) is 2.79. The summed E-state index contributed by atoms with van der Waals surface area (Å²) in [5.41, 5.74) is 7.11. The van der Waals surface area contributed by atoms with E-state index in [4.69, 9.17) is 10.3 Å². The molecule has 0 aliphatic carbocycles. The summed E-state index contributed by atoms with van der Waals surface area (Å²) >= 11 is 0. The predicted molar refractivity (Wildman–Crippen MR) is 92.4 cm³/mol. The first-order chi connectivity index (χ1) is 11.7. The Morgan fingerprint density at radius 1 is 1.28 bits per heavy atom. The molecule has 132 valence electrons. The second-order valence-electron chi connectivity index (χ2n) is 6.93. The Balaban J connectivity index is 2.05. The average Bonchev–Trinajstić information content (AvgIpc) is 2.92. The number of carbonyl (C=O) groups is 2. The molecule has 1 aliphatic rings. The van der Waals surface area contributed by atoms with Gasteiger partial charge in [-0.25, -0.2) is 4.98 Å². The molecular weight excluding hydrogens is 320 g/mol. The first kappa shape index (κ1) is 17.1. The Labute approximate surface area is 146 Å². The lowest BCUT2D eigenvalue weighted by atomic mass is 9.81. The number of anilines is 1. The molecular formula is C18H22N4O3. The highest BCUT2D eigenvalue weighted by Gasteiger charge is 2.40. The number of carbonyl (C=O) groups excluding carboxylic acids is 2. The summed E-state index contributed by atoms with van der Waals surface area (Å²) in [4.78, 5) is 30.8. The van der Waals surface area contributed by atoms with Gasteiger partial charge in [-0.2, -0.15) is 0 Å². The Morgan fingerprint density at radius 2 is 2.00 bits per heavy atom. The molecule has 2 amide bonds. The molecule has 0 saturated heterocycles. The van der Waals surface area contributed by atoms with E-state index in [9.17, 15) is 9.59 Å². The Morgan fingerprint density at radius 3 is 2.60 bits per heavy atom. The third-order valence-corrected chi connectivity index (χ3v) is 4.73. The standard InChI is InChI=1S/C18H22N4O3/c1-10-14(11(2)25-21-10)18(3,4)17(24)22-9-5-6-12-7-8-13(15(19)23)20-16(12)22/h7-8H,5-6,9H2,1-4H3,(H2,19,23). The van der Waals surface area contributed by atoms with Gasteiger partial charge in [-0.1, -0.05) is 11.2 Å². The van der Waals surface area contributed by atoms with Gasteiger partial charge in [0.1, 0.15) is 17.3 Å². The number of aromatic nitrogens is 2. The number of pyridine rings is 1. The monoisotopic (exact) mass is 342 g/mol. The molecule has 0 bridgehead atoms. The van der Waals surface area contributed by atoms with Gasteiger partial charge in [0.25, 0.3) is 5.91 Å². The van der Waals surface area contributed by atoms with Crippen LogP contribution >= 0.6 is 0 Å². The van der Waals surface area contributed by atoms with Crippen LogP contribution in [0.4, 0.5) is 5.82 Å². The van der Waals surface area contributed by atoms with Crippen molar-refractivity contribution in [2.75, 3.05) is 11.4 Å². The van der Waals surface area contributed by atoms with Crippen molar-refractivity contribution in [3.8, 4) is 0 Å². The van der Waals surface area contributed by atoms with E-state index in [0.717, 1.165) is 24.0 Å². The summed E-state index contributed by atoms with van der Waals surface area (Å²) in [6.45, 7) is 7.89. The number of rotatable bonds is 3. The van der Waals surface area contributed by atoms with E-state index in [1.54, 1.807) is 17.9 Å². The van der Waals surface area contributed by atoms with Crippen molar-refractivity contribution >= 4 is 17.6 Å². The van der Waals surface area contributed by atoms with Crippen LogP contribution in [0, 0.1) is 13.8 Å². The number of aryl methyl sites for hydroxylation is 3. The Kier molecular flexibility index (Phi) is 4.10. The number of amides is 2. The molecule has 2 N–H and O–H groups in total. The summed E-state index contributed by atoms with van der Waals surface area (Å²) in [7, 11) is 0. The van der Waals surface area contributed by atoms with Crippen LogP contribution in [-0.4, -0.2) is 28.5 Å². The van der Waals surface area contributed by atoms with Gasteiger partial charge in [0.2, 0.25) is 5.91 Å². The van der Waals surface area contributed by atoms with E-state index in [0.29, 0.717) is 23.8 Å². The highest BCUT2D eigenvalue weighted by molar-refractivity contribution is 6.01. The molecule has 0 radical (unpaired) electrons. The molecule has 3 rings (SSSR count). The van der Waals surface area contributed by atoms with Gasteiger partial charge in [0.05, 0.1) is 11.1 Å². The van der Waals surface area contributed by atoms with Gasteiger partial charge in [0.15, 0.2) is 0 Å². The van der Waals surface area contributed by atoms with Crippen molar-refractivity contribution in [1.29, 1.82) is 0 Å². The highest BCUT2D eigenvalue weighted by Crippen LogP contribution is 2.35.